The van der Waals surface area contributed by atoms with Crippen molar-refractivity contribution in [2.75, 3.05) is 33.7 Å². The molecule has 1 N–H and O–H groups in total. The number of carbonyl (C=O) groups is 2. The quantitative estimate of drug-likeness (QED) is 0.794. The fraction of sp³-hybridized carbons (Fsp3) is 0.588. The van der Waals surface area contributed by atoms with Gasteiger partial charge in [0, 0.05) is 45.5 Å². The van der Waals surface area contributed by atoms with Crippen LogP contribution in [-0.4, -0.2) is 60.5 Å². The number of carbonyl (C=O) groups excluding carboxylic acids is 2. The highest BCUT2D eigenvalue weighted by Crippen LogP contribution is 2.02. The maximum atomic E-state index is 12.0. The Balaban J connectivity index is 2.30. The minimum Gasteiger partial charge on any atom is -0.344 e. The zero-order valence-corrected chi connectivity index (χ0v) is 14.6. The maximum Gasteiger partial charge on any atom is 0.317 e. The predicted octanol–water partition coefficient (Wildman–Crippen LogP) is 1.77. The van der Waals surface area contributed by atoms with Gasteiger partial charge in [0.2, 0.25) is 5.91 Å². The first-order chi connectivity index (χ1) is 10.9. The summed E-state index contributed by atoms with van der Waals surface area (Å²) in [5, 5.41) is 2.67. The molecule has 0 bridgehead atoms. The number of urea groups is 1. The number of pyridine rings is 1. The van der Waals surface area contributed by atoms with E-state index >= 15 is 0 Å². The molecule has 0 aliphatic heterocycles. The first kappa shape index (κ1) is 18.9. The number of hydrogen-bond acceptors (Lipinski definition) is 3. The van der Waals surface area contributed by atoms with Gasteiger partial charge in [0.1, 0.15) is 0 Å². The molecule has 3 amide bonds. The molecule has 1 rings (SSSR count). The van der Waals surface area contributed by atoms with Gasteiger partial charge in [0.05, 0.1) is 6.54 Å². The third-order valence-corrected chi connectivity index (χ3v) is 3.88. The van der Waals surface area contributed by atoms with Gasteiger partial charge in [-0.3, -0.25) is 9.78 Å². The molecule has 128 valence electrons. The highest BCUT2D eigenvalue weighted by Gasteiger charge is 2.14. The molecule has 0 spiro atoms. The summed E-state index contributed by atoms with van der Waals surface area (Å²) in [6, 6.07) is 5.52. The third-order valence-electron chi connectivity index (χ3n) is 3.88. The Morgan fingerprint density at radius 2 is 2.00 bits per heavy atom. The van der Waals surface area contributed by atoms with E-state index in [4.69, 9.17) is 0 Å². The van der Waals surface area contributed by atoms with Crippen LogP contribution in [0.3, 0.4) is 0 Å². The van der Waals surface area contributed by atoms with Crippen LogP contribution in [0.4, 0.5) is 4.79 Å². The van der Waals surface area contributed by atoms with E-state index in [2.05, 4.69) is 24.1 Å². The summed E-state index contributed by atoms with van der Waals surface area (Å²) in [5.74, 6) is 0.341. The molecule has 1 aromatic heterocycles. The van der Waals surface area contributed by atoms with Crippen LogP contribution in [0.1, 0.15) is 26.0 Å². The van der Waals surface area contributed by atoms with Crippen molar-refractivity contribution in [1.29, 1.82) is 0 Å². The van der Waals surface area contributed by atoms with Gasteiger partial charge in [-0.25, -0.2) is 4.79 Å². The van der Waals surface area contributed by atoms with Gasteiger partial charge < -0.3 is 15.1 Å². The Kier molecular flexibility index (Phi) is 8.08. The van der Waals surface area contributed by atoms with E-state index in [0.717, 1.165) is 12.1 Å². The monoisotopic (exact) mass is 320 g/mol. The average Bonchev–Trinajstić information content (AvgIpc) is 2.57. The van der Waals surface area contributed by atoms with Crippen LogP contribution in [0.15, 0.2) is 24.4 Å². The molecule has 6 nitrogen and oxygen atoms in total. The summed E-state index contributed by atoms with van der Waals surface area (Å²) in [6.45, 7) is 5.47. The van der Waals surface area contributed by atoms with E-state index in [0.29, 0.717) is 25.4 Å². The zero-order valence-electron chi connectivity index (χ0n) is 14.6. The van der Waals surface area contributed by atoms with Crippen LogP contribution >= 0.6 is 0 Å². The number of amides is 3. The van der Waals surface area contributed by atoms with Crippen molar-refractivity contribution < 1.29 is 9.59 Å². The average molecular weight is 320 g/mol. The van der Waals surface area contributed by atoms with Crippen LogP contribution in [-0.2, 0) is 11.2 Å². The SMILES string of the molecule is CC[C@H](C)CN(C)C(=O)NCC(=O)N(C)CCc1ccccn1. The molecule has 0 fully saturated rings. The molecule has 0 aliphatic rings. The zero-order chi connectivity index (χ0) is 17.2. The summed E-state index contributed by atoms with van der Waals surface area (Å²) in [5.41, 5.74) is 0.949. The molecule has 0 aromatic carbocycles. The lowest BCUT2D eigenvalue weighted by atomic mass is 10.1. The van der Waals surface area contributed by atoms with E-state index < -0.39 is 0 Å². The van der Waals surface area contributed by atoms with E-state index in [1.165, 1.54) is 0 Å². The van der Waals surface area contributed by atoms with Crippen molar-refractivity contribution in [3.8, 4) is 0 Å². The Morgan fingerprint density at radius 1 is 1.26 bits per heavy atom. The van der Waals surface area contributed by atoms with Crippen molar-refractivity contribution in [2.24, 2.45) is 5.92 Å². The molecular weight excluding hydrogens is 292 g/mol. The summed E-state index contributed by atoms with van der Waals surface area (Å²) in [6.07, 6.45) is 3.46. The Hall–Kier alpha value is -2.11. The van der Waals surface area contributed by atoms with E-state index in [1.807, 2.05) is 18.2 Å². The van der Waals surface area contributed by atoms with Gasteiger partial charge in [-0.2, -0.15) is 0 Å². The number of aromatic nitrogens is 1. The molecule has 0 radical (unpaired) electrons. The minimum absolute atomic E-state index is 0.0163. The van der Waals surface area contributed by atoms with Crippen LogP contribution in [0.5, 0.6) is 0 Å². The molecule has 23 heavy (non-hydrogen) atoms. The number of likely N-dealkylation sites (N-methyl/N-ethyl adjacent to an activating group) is 1. The van der Waals surface area contributed by atoms with Crippen LogP contribution in [0, 0.1) is 5.92 Å². The van der Waals surface area contributed by atoms with Crippen molar-refractivity contribution in [2.45, 2.75) is 26.7 Å². The molecule has 1 aromatic rings. The second-order valence-electron chi connectivity index (χ2n) is 5.94. The predicted molar refractivity (Wildman–Crippen MR) is 91.1 cm³/mol. The Labute approximate surface area is 138 Å². The van der Waals surface area contributed by atoms with Gasteiger partial charge in [-0.1, -0.05) is 26.3 Å². The Bertz CT molecular complexity index is 493. The molecule has 0 saturated heterocycles. The molecule has 0 unspecified atom stereocenters. The van der Waals surface area contributed by atoms with Gasteiger partial charge >= 0.3 is 6.03 Å². The molecule has 0 saturated carbocycles. The van der Waals surface area contributed by atoms with Gasteiger partial charge in [-0.15, -0.1) is 0 Å². The largest absolute Gasteiger partial charge is 0.344 e. The number of hydrogen-bond donors (Lipinski definition) is 1. The molecule has 0 aliphatic carbocycles. The highest BCUT2D eigenvalue weighted by molar-refractivity contribution is 5.83. The molecule has 6 heteroatoms. The first-order valence-electron chi connectivity index (χ1n) is 8.06. The standard InChI is InChI=1S/C17H28N4O2/c1-5-14(2)13-21(4)17(23)19-12-16(22)20(3)11-9-15-8-6-7-10-18-15/h6-8,10,14H,5,9,11-13H2,1-4H3,(H,19,23)/t14-/m0/s1. The minimum atomic E-state index is -0.211. The van der Waals surface area contributed by atoms with Gasteiger partial charge in [0.25, 0.3) is 0 Å². The summed E-state index contributed by atoms with van der Waals surface area (Å²) in [7, 11) is 3.48. The van der Waals surface area contributed by atoms with Crippen LogP contribution in [0.25, 0.3) is 0 Å². The van der Waals surface area contributed by atoms with E-state index in [1.54, 1.807) is 30.1 Å². The molecule has 1 atom stereocenters. The van der Waals surface area contributed by atoms with Crippen molar-refractivity contribution >= 4 is 11.9 Å². The molecular formula is C17H28N4O2. The summed E-state index contributed by atoms with van der Waals surface area (Å²) >= 11 is 0. The Morgan fingerprint density at radius 3 is 2.61 bits per heavy atom. The fourth-order valence-electron chi connectivity index (χ4n) is 2.05. The number of nitrogens with one attached hydrogen (secondary N) is 1. The lowest BCUT2D eigenvalue weighted by Crippen LogP contribution is -2.44. The first-order valence-corrected chi connectivity index (χ1v) is 8.06. The summed E-state index contributed by atoms with van der Waals surface area (Å²) < 4.78 is 0. The lowest BCUT2D eigenvalue weighted by molar-refractivity contribution is -0.128. The van der Waals surface area contributed by atoms with Crippen LogP contribution in [0.2, 0.25) is 0 Å². The fourth-order valence-corrected chi connectivity index (χ4v) is 2.05. The number of nitrogens with zero attached hydrogens (tertiary/aromatic N) is 3. The highest BCUT2D eigenvalue weighted by atomic mass is 16.2. The second-order valence-corrected chi connectivity index (χ2v) is 5.94. The smallest absolute Gasteiger partial charge is 0.317 e. The topological polar surface area (TPSA) is 65.5 Å². The second kappa shape index (κ2) is 9.82. The van der Waals surface area contributed by atoms with E-state index in [9.17, 15) is 9.59 Å². The number of rotatable bonds is 8. The van der Waals surface area contributed by atoms with Crippen molar-refractivity contribution in [1.82, 2.24) is 20.1 Å². The normalized spacial score (nSPS) is 11.7. The van der Waals surface area contributed by atoms with Crippen LogP contribution < -0.4 is 5.32 Å². The van der Waals surface area contributed by atoms with Gasteiger partial charge in [0.15, 0.2) is 0 Å². The summed E-state index contributed by atoms with van der Waals surface area (Å²) in [4.78, 5) is 31.4. The third kappa shape index (κ3) is 7.13. The van der Waals surface area contributed by atoms with Gasteiger partial charge in [-0.05, 0) is 18.1 Å². The van der Waals surface area contributed by atoms with E-state index in [-0.39, 0.29) is 18.5 Å². The van der Waals surface area contributed by atoms with Crippen molar-refractivity contribution in [3.05, 3.63) is 30.1 Å². The lowest BCUT2D eigenvalue weighted by Gasteiger charge is -2.22. The van der Waals surface area contributed by atoms with Crippen molar-refractivity contribution in [3.63, 3.8) is 0 Å². The maximum absolute atomic E-state index is 12.0. The molecule has 1 heterocycles.